The minimum Gasteiger partial charge on any atom is -0.346 e. The van der Waals surface area contributed by atoms with Gasteiger partial charge in [-0.05, 0) is 12.1 Å². The number of thiazole rings is 1. The molecule has 0 aliphatic carbocycles. The van der Waals surface area contributed by atoms with Crippen molar-refractivity contribution in [2.24, 2.45) is 0 Å². The number of imidazole rings is 1. The van der Waals surface area contributed by atoms with Gasteiger partial charge in [0.2, 0.25) is 0 Å². The van der Waals surface area contributed by atoms with E-state index in [0.717, 1.165) is 10.7 Å². The van der Waals surface area contributed by atoms with E-state index in [9.17, 15) is 4.79 Å². The monoisotopic (exact) mass is 257 g/mol. The Balaban J connectivity index is 1.68. The van der Waals surface area contributed by atoms with Crippen LogP contribution < -0.4 is 5.32 Å². The van der Waals surface area contributed by atoms with Gasteiger partial charge in [0.25, 0.3) is 5.91 Å². The van der Waals surface area contributed by atoms with Crippen molar-refractivity contribution in [1.29, 1.82) is 0 Å². The summed E-state index contributed by atoms with van der Waals surface area (Å²) < 4.78 is 1.95. The first kappa shape index (κ1) is 11.0. The van der Waals surface area contributed by atoms with Crippen LogP contribution in [-0.4, -0.2) is 15.3 Å². The van der Waals surface area contributed by atoms with Gasteiger partial charge >= 0.3 is 0 Å². The van der Waals surface area contributed by atoms with Gasteiger partial charge in [-0.15, -0.1) is 11.3 Å². The number of amides is 1. The van der Waals surface area contributed by atoms with Crippen LogP contribution in [-0.2, 0) is 6.54 Å². The predicted molar refractivity (Wildman–Crippen MR) is 70.7 cm³/mol. The molecule has 90 valence electrons. The highest BCUT2D eigenvalue weighted by Crippen LogP contribution is 2.11. The molecule has 2 heterocycles. The summed E-state index contributed by atoms with van der Waals surface area (Å²) in [5, 5.41) is 4.84. The number of carbonyl (C=O) groups is 1. The molecule has 5 heteroatoms. The molecule has 2 aromatic heterocycles. The van der Waals surface area contributed by atoms with Gasteiger partial charge in [0, 0.05) is 23.3 Å². The molecule has 3 rings (SSSR count). The summed E-state index contributed by atoms with van der Waals surface area (Å²) in [6.45, 7) is 0.447. The van der Waals surface area contributed by atoms with E-state index in [1.54, 1.807) is 23.5 Å². The Bertz CT molecular complexity index is 643. The average Bonchev–Trinajstić information content (AvgIpc) is 2.97. The molecular weight excluding hydrogens is 246 g/mol. The lowest BCUT2D eigenvalue weighted by atomic mass is 10.2. The maximum atomic E-state index is 11.8. The molecular formula is C13H11N3OS. The van der Waals surface area contributed by atoms with Crippen LogP contribution in [0.25, 0.3) is 4.96 Å². The minimum atomic E-state index is -0.0769. The van der Waals surface area contributed by atoms with Crippen molar-refractivity contribution in [2.45, 2.75) is 6.54 Å². The fourth-order valence-electron chi connectivity index (χ4n) is 1.72. The van der Waals surface area contributed by atoms with Crippen molar-refractivity contribution >= 4 is 22.2 Å². The topological polar surface area (TPSA) is 46.4 Å². The zero-order valence-corrected chi connectivity index (χ0v) is 10.4. The predicted octanol–water partition coefficient (Wildman–Crippen LogP) is 2.33. The highest BCUT2D eigenvalue weighted by Gasteiger charge is 2.06. The molecule has 0 saturated heterocycles. The van der Waals surface area contributed by atoms with Gasteiger partial charge in [0.15, 0.2) is 4.96 Å². The van der Waals surface area contributed by atoms with Crippen molar-refractivity contribution in [1.82, 2.24) is 14.7 Å². The van der Waals surface area contributed by atoms with Crippen LogP contribution in [0, 0.1) is 0 Å². The van der Waals surface area contributed by atoms with Crippen LogP contribution in [0.3, 0.4) is 0 Å². The molecule has 4 nitrogen and oxygen atoms in total. The third kappa shape index (κ3) is 2.12. The maximum absolute atomic E-state index is 11.8. The number of nitrogens with zero attached hydrogens (tertiary/aromatic N) is 2. The smallest absolute Gasteiger partial charge is 0.251 e. The van der Waals surface area contributed by atoms with Crippen molar-refractivity contribution in [2.75, 3.05) is 0 Å². The third-order valence-corrected chi connectivity index (χ3v) is 3.38. The van der Waals surface area contributed by atoms with Crippen molar-refractivity contribution in [3.8, 4) is 0 Å². The molecule has 1 aromatic carbocycles. The van der Waals surface area contributed by atoms with Crippen LogP contribution in [0.4, 0.5) is 0 Å². The van der Waals surface area contributed by atoms with Crippen molar-refractivity contribution < 1.29 is 4.79 Å². The summed E-state index contributed by atoms with van der Waals surface area (Å²) in [6.07, 6.45) is 3.88. The molecule has 0 fully saturated rings. The lowest BCUT2D eigenvalue weighted by Gasteiger charge is -2.02. The first-order chi connectivity index (χ1) is 8.83. The molecule has 0 aliphatic rings. The molecule has 1 N–H and O–H groups in total. The summed E-state index contributed by atoms with van der Waals surface area (Å²) in [5.41, 5.74) is 1.53. The van der Waals surface area contributed by atoms with E-state index in [4.69, 9.17) is 0 Å². The first-order valence-corrected chi connectivity index (χ1v) is 6.45. The Morgan fingerprint density at radius 2 is 2.17 bits per heavy atom. The van der Waals surface area contributed by atoms with E-state index in [1.807, 2.05) is 40.4 Å². The Labute approximate surface area is 108 Å². The minimum absolute atomic E-state index is 0.0769. The fraction of sp³-hybridized carbons (Fsp3) is 0.0769. The second kappa shape index (κ2) is 4.62. The molecule has 0 unspecified atom stereocenters. The average molecular weight is 257 g/mol. The van der Waals surface area contributed by atoms with Crippen LogP contribution in [0.2, 0.25) is 0 Å². The quantitative estimate of drug-likeness (QED) is 0.782. The molecule has 0 aliphatic heterocycles. The second-order valence-electron chi connectivity index (χ2n) is 3.87. The van der Waals surface area contributed by atoms with Gasteiger partial charge < -0.3 is 5.32 Å². The molecule has 1 amide bonds. The van der Waals surface area contributed by atoms with Crippen LogP contribution in [0.15, 0.2) is 48.1 Å². The molecule has 0 bridgehead atoms. The zero-order chi connectivity index (χ0) is 12.4. The number of nitrogens with one attached hydrogen (secondary N) is 1. The Hall–Kier alpha value is -2.14. The number of carbonyl (C=O) groups excluding carboxylic acids is 1. The first-order valence-electron chi connectivity index (χ1n) is 5.57. The Morgan fingerprint density at radius 3 is 2.94 bits per heavy atom. The number of benzene rings is 1. The van der Waals surface area contributed by atoms with Gasteiger partial charge in [0.1, 0.15) is 0 Å². The Kier molecular flexibility index (Phi) is 2.82. The van der Waals surface area contributed by atoms with Gasteiger partial charge in [-0.1, -0.05) is 18.2 Å². The van der Waals surface area contributed by atoms with E-state index < -0.39 is 0 Å². The number of rotatable bonds is 3. The number of hydrogen-bond acceptors (Lipinski definition) is 3. The summed E-state index contributed by atoms with van der Waals surface area (Å²) in [4.78, 5) is 17.2. The number of fused-ring (bicyclic) bond motifs is 1. The van der Waals surface area contributed by atoms with Crippen LogP contribution in [0.5, 0.6) is 0 Å². The molecule has 0 atom stereocenters. The van der Waals surface area contributed by atoms with Crippen LogP contribution in [0.1, 0.15) is 16.1 Å². The van der Waals surface area contributed by atoms with E-state index in [1.165, 1.54) is 0 Å². The number of hydrogen-bond donors (Lipinski definition) is 1. The molecule has 0 spiro atoms. The summed E-state index contributed by atoms with van der Waals surface area (Å²) >= 11 is 1.58. The van der Waals surface area contributed by atoms with Crippen molar-refractivity contribution in [3.05, 3.63) is 59.4 Å². The zero-order valence-electron chi connectivity index (χ0n) is 9.54. The number of aromatic nitrogens is 2. The van der Waals surface area contributed by atoms with E-state index >= 15 is 0 Å². The molecule has 0 radical (unpaired) electrons. The summed E-state index contributed by atoms with van der Waals surface area (Å²) in [6, 6.07) is 9.17. The highest BCUT2D eigenvalue weighted by atomic mass is 32.1. The van der Waals surface area contributed by atoms with E-state index in [0.29, 0.717) is 12.1 Å². The summed E-state index contributed by atoms with van der Waals surface area (Å²) in [7, 11) is 0. The van der Waals surface area contributed by atoms with Gasteiger partial charge in [-0.3, -0.25) is 9.20 Å². The maximum Gasteiger partial charge on any atom is 0.251 e. The lowest BCUT2D eigenvalue weighted by molar-refractivity contribution is 0.0950. The molecule has 3 aromatic rings. The van der Waals surface area contributed by atoms with Gasteiger partial charge in [-0.2, -0.15) is 0 Å². The second-order valence-corrected chi connectivity index (χ2v) is 4.75. The summed E-state index contributed by atoms with van der Waals surface area (Å²) in [5.74, 6) is -0.0769. The Morgan fingerprint density at radius 1 is 1.33 bits per heavy atom. The van der Waals surface area contributed by atoms with Gasteiger partial charge in [-0.25, -0.2) is 4.98 Å². The van der Waals surface area contributed by atoms with E-state index in [2.05, 4.69) is 10.3 Å². The fourth-order valence-corrected chi connectivity index (χ4v) is 2.44. The van der Waals surface area contributed by atoms with Crippen LogP contribution >= 0.6 is 11.3 Å². The van der Waals surface area contributed by atoms with Crippen molar-refractivity contribution in [3.63, 3.8) is 0 Å². The van der Waals surface area contributed by atoms with Gasteiger partial charge in [0.05, 0.1) is 12.2 Å². The largest absolute Gasteiger partial charge is 0.346 e. The molecule has 18 heavy (non-hydrogen) atoms. The van der Waals surface area contributed by atoms with E-state index in [-0.39, 0.29) is 5.91 Å². The SMILES string of the molecule is O=C(NCc1cn2ccsc2n1)c1ccccc1. The highest BCUT2D eigenvalue weighted by molar-refractivity contribution is 7.15. The molecule has 0 saturated carbocycles. The standard InChI is InChI=1S/C13H11N3OS/c17-12(10-4-2-1-3-5-10)14-8-11-9-16-6-7-18-13(16)15-11/h1-7,9H,8H2,(H,14,17). The normalized spacial score (nSPS) is 10.7. The lowest BCUT2D eigenvalue weighted by Crippen LogP contribution is -2.22. The third-order valence-electron chi connectivity index (χ3n) is 2.61.